The lowest BCUT2D eigenvalue weighted by atomic mass is 10.0. The molecule has 0 aliphatic carbocycles. The summed E-state index contributed by atoms with van der Waals surface area (Å²) in [6.45, 7) is 2.37. The summed E-state index contributed by atoms with van der Waals surface area (Å²) in [7, 11) is 1.46. The van der Waals surface area contributed by atoms with E-state index in [0.717, 1.165) is 30.8 Å². The molecule has 0 spiro atoms. The van der Waals surface area contributed by atoms with Crippen molar-refractivity contribution in [2.24, 2.45) is 5.11 Å². The van der Waals surface area contributed by atoms with Gasteiger partial charge in [0.2, 0.25) is 5.91 Å². The fourth-order valence-corrected chi connectivity index (χ4v) is 3.03. The number of alkyl halides is 1. The van der Waals surface area contributed by atoms with Crippen molar-refractivity contribution in [3.8, 4) is 0 Å². The largest absolute Gasteiger partial charge is 0.376 e. The van der Waals surface area contributed by atoms with Gasteiger partial charge in [-0.15, -0.1) is 0 Å². The van der Waals surface area contributed by atoms with Crippen LogP contribution in [0.2, 0.25) is 0 Å². The van der Waals surface area contributed by atoms with E-state index in [-0.39, 0.29) is 11.9 Å². The summed E-state index contributed by atoms with van der Waals surface area (Å²) in [5.41, 5.74) is 10.3. The number of nitrogens with zero attached hydrogens (tertiary/aromatic N) is 4. The number of benzene rings is 1. The summed E-state index contributed by atoms with van der Waals surface area (Å²) < 4.78 is 18.4. The van der Waals surface area contributed by atoms with Crippen molar-refractivity contribution in [3.05, 3.63) is 40.3 Å². The Kier molecular flexibility index (Phi) is 6.40. The van der Waals surface area contributed by atoms with E-state index in [2.05, 4.69) is 20.2 Å². The van der Waals surface area contributed by atoms with Gasteiger partial charge in [-0.05, 0) is 29.6 Å². The highest BCUT2D eigenvalue weighted by Crippen LogP contribution is 2.27. The molecule has 1 aromatic rings. The number of halogens is 1. The number of hydrogen-bond donors (Lipinski definition) is 1. The Morgan fingerprint density at radius 2 is 2.25 bits per heavy atom. The Morgan fingerprint density at radius 1 is 1.54 bits per heavy atom. The highest BCUT2D eigenvalue weighted by atomic mass is 19.1. The first-order valence-electron chi connectivity index (χ1n) is 7.84. The molecule has 7 nitrogen and oxygen atoms in total. The Hall–Kier alpha value is -2.31. The van der Waals surface area contributed by atoms with E-state index in [9.17, 15) is 9.18 Å². The van der Waals surface area contributed by atoms with Crippen LogP contribution in [0.15, 0.2) is 29.4 Å². The van der Waals surface area contributed by atoms with Gasteiger partial charge in [0.15, 0.2) is 0 Å². The van der Waals surface area contributed by atoms with Gasteiger partial charge in [-0.25, -0.2) is 0 Å². The van der Waals surface area contributed by atoms with Gasteiger partial charge in [0.05, 0.1) is 12.1 Å². The van der Waals surface area contributed by atoms with Crippen LogP contribution < -0.4 is 10.2 Å². The molecule has 1 aromatic carbocycles. The average molecular weight is 335 g/mol. The normalized spacial score (nSPS) is 19.5. The zero-order chi connectivity index (χ0) is 17.5. The summed E-state index contributed by atoms with van der Waals surface area (Å²) in [4.78, 5) is 16.0. The number of carbonyl (C=O) groups excluding carboxylic acids is 1. The second-order valence-corrected chi connectivity index (χ2v) is 5.81. The number of rotatable bonds is 7. The summed E-state index contributed by atoms with van der Waals surface area (Å²) in [5, 5.41) is 6.39. The number of ether oxygens (including phenoxy) is 1. The first kappa shape index (κ1) is 18.0. The van der Waals surface area contributed by atoms with Crippen molar-refractivity contribution in [1.82, 2.24) is 5.32 Å². The summed E-state index contributed by atoms with van der Waals surface area (Å²) in [6, 6.07) is 6.85. The second-order valence-electron chi connectivity index (χ2n) is 5.81. The molecule has 0 bridgehead atoms. The first-order chi connectivity index (χ1) is 11.6. The van der Waals surface area contributed by atoms with E-state index < -0.39 is 18.8 Å². The van der Waals surface area contributed by atoms with Crippen LogP contribution in [-0.4, -0.2) is 44.9 Å². The summed E-state index contributed by atoms with van der Waals surface area (Å²) in [5.74, 6) is -0.0181. The highest BCUT2D eigenvalue weighted by molar-refractivity contribution is 5.73. The van der Waals surface area contributed by atoms with Gasteiger partial charge in [0, 0.05) is 43.8 Å². The van der Waals surface area contributed by atoms with Crippen LogP contribution in [0.25, 0.3) is 10.4 Å². The maximum atomic E-state index is 13.1. The fourth-order valence-electron chi connectivity index (χ4n) is 3.03. The van der Waals surface area contributed by atoms with Crippen LogP contribution in [0.1, 0.15) is 25.0 Å². The fraction of sp³-hybridized carbons (Fsp3) is 0.562. The molecule has 0 aromatic heterocycles. The first-order valence-corrected chi connectivity index (χ1v) is 7.84. The topological polar surface area (TPSA) is 90.3 Å². The molecule has 1 aliphatic rings. The van der Waals surface area contributed by atoms with Gasteiger partial charge in [0.25, 0.3) is 0 Å². The van der Waals surface area contributed by atoms with E-state index in [1.165, 1.54) is 14.0 Å². The Bertz CT molecular complexity index is 603. The monoisotopic (exact) mass is 335 g/mol. The lowest BCUT2D eigenvalue weighted by molar-refractivity contribution is -0.119. The Balaban J connectivity index is 2.07. The van der Waals surface area contributed by atoms with E-state index in [1.54, 1.807) is 0 Å². The molecule has 2 rings (SSSR count). The molecule has 1 aliphatic heterocycles. The van der Waals surface area contributed by atoms with E-state index in [0.29, 0.717) is 0 Å². The van der Waals surface area contributed by atoms with Crippen LogP contribution in [0.3, 0.4) is 0 Å². The van der Waals surface area contributed by atoms with E-state index in [4.69, 9.17) is 10.3 Å². The van der Waals surface area contributed by atoms with Gasteiger partial charge < -0.3 is 15.0 Å². The third-order valence-corrected chi connectivity index (χ3v) is 4.14. The minimum absolute atomic E-state index is 0.0181. The SMILES string of the molecule is CO[C@H](c1ccc(N2CC[C@@H](NC(C)=O)C2)cc1)[C@@H](CF)N=[N+]=[N-]. The summed E-state index contributed by atoms with van der Waals surface area (Å²) in [6.07, 6.45) is 0.286. The van der Waals surface area contributed by atoms with Crippen LogP contribution in [0, 0.1) is 0 Å². The van der Waals surface area contributed by atoms with E-state index >= 15 is 0 Å². The van der Waals surface area contributed by atoms with Gasteiger partial charge in [-0.1, -0.05) is 17.2 Å². The van der Waals surface area contributed by atoms with Gasteiger partial charge >= 0.3 is 0 Å². The number of hydrogen-bond acceptors (Lipinski definition) is 4. The zero-order valence-electron chi connectivity index (χ0n) is 13.9. The van der Waals surface area contributed by atoms with Crippen LogP contribution >= 0.6 is 0 Å². The van der Waals surface area contributed by atoms with Crippen molar-refractivity contribution < 1.29 is 13.9 Å². The minimum Gasteiger partial charge on any atom is -0.376 e. The van der Waals surface area contributed by atoms with Gasteiger partial charge in [0.1, 0.15) is 6.67 Å². The predicted molar refractivity (Wildman–Crippen MR) is 89.5 cm³/mol. The van der Waals surface area contributed by atoms with Crippen LogP contribution in [-0.2, 0) is 9.53 Å². The standard InChI is InChI=1S/C16H22FN5O2/c1-11(23)19-13-7-8-22(10-13)14-5-3-12(4-6-14)16(24-2)15(9-17)20-21-18/h3-6,13,15-16H,7-10H2,1-2H3,(H,19,23)/t13-,15-,16-/m1/s1. The van der Waals surface area contributed by atoms with E-state index in [1.807, 2.05) is 24.3 Å². The number of carbonyl (C=O) groups is 1. The summed E-state index contributed by atoms with van der Waals surface area (Å²) >= 11 is 0. The molecule has 1 heterocycles. The quantitative estimate of drug-likeness (QED) is 0.472. The van der Waals surface area contributed by atoms with Crippen molar-refractivity contribution in [2.75, 3.05) is 31.8 Å². The molecule has 0 unspecified atom stereocenters. The number of amides is 1. The highest BCUT2D eigenvalue weighted by Gasteiger charge is 2.25. The molecule has 130 valence electrons. The third-order valence-electron chi connectivity index (χ3n) is 4.14. The zero-order valence-corrected chi connectivity index (χ0v) is 13.9. The molecular weight excluding hydrogens is 313 g/mol. The molecule has 0 saturated carbocycles. The van der Waals surface area contributed by atoms with Crippen molar-refractivity contribution in [1.29, 1.82) is 0 Å². The molecular formula is C16H22FN5O2. The number of methoxy groups -OCH3 is 1. The lowest BCUT2D eigenvalue weighted by Gasteiger charge is -2.23. The molecule has 8 heteroatoms. The molecule has 24 heavy (non-hydrogen) atoms. The lowest BCUT2D eigenvalue weighted by Crippen LogP contribution is -2.35. The number of azide groups is 1. The minimum atomic E-state index is -0.887. The molecule has 1 N–H and O–H groups in total. The molecule has 1 amide bonds. The van der Waals surface area contributed by atoms with Crippen molar-refractivity contribution in [2.45, 2.75) is 31.5 Å². The molecule has 1 saturated heterocycles. The number of nitrogens with one attached hydrogen (secondary N) is 1. The molecule has 3 atom stereocenters. The average Bonchev–Trinajstić information content (AvgIpc) is 3.03. The van der Waals surface area contributed by atoms with Crippen molar-refractivity contribution >= 4 is 11.6 Å². The second kappa shape index (κ2) is 8.52. The maximum absolute atomic E-state index is 13.1. The van der Waals surface area contributed by atoms with Gasteiger partial charge in [-0.2, -0.15) is 0 Å². The Labute approximate surface area is 140 Å². The van der Waals surface area contributed by atoms with Gasteiger partial charge in [-0.3, -0.25) is 9.18 Å². The molecule has 0 radical (unpaired) electrons. The Morgan fingerprint density at radius 3 is 2.79 bits per heavy atom. The smallest absolute Gasteiger partial charge is 0.217 e. The van der Waals surface area contributed by atoms with Crippen molar-refractivity contribution in [3.63, 3.8) is 0 Å². The molecule has 1 fully saturated rings. The van der Waals surface area contributed by atoms with Crippen LogP contribution in [0.4, 0.5) is 10.1 Å². The third kappa shape index (κ3) is 4.37. The van der Waals surface area contributed by atoms with Crippen LogP contribution in [0.5, 0.6) is 0 Å². The predicted octanol–water partition coefficient (Wildman–Crippen LogP) is 2.74. The number of anilines is 1. The maximum Gasteiger partial charge on any atom is 0.217 e.